The molecule has 0 aliphatic heterocycles. The third-order valence-corrected chi connectivity index (χ3v) is 23.1. The molecule has 0 unspecified atom stereocenters. The van der Waals surface area contributed by atoms with E-state index in [9.17, 15) is 0 Å². The van der Waals surface area contributed by atoms with Crippen molar-refractivity contribution < 1.29 is 9.30 Å². The van der Waals surface area contributed by atoms with Crippen molar-refractivity contribution in [2.45, 2.75) is 236 Å². The zero-order chi connectivity index (χ0) is 81.4. The van der Waals surface area contributed by atoms with Crippen LogP contribution in [0.5, 0.6) is 11.5 Å². The monoisotopic (exact) mass is 1490 g/mol. The summed E-state index contributed by atoms with van der Waals surface area (Å²) < 4.78 is 14.2. The number of rotatable bonds is 11. The van der Waals surface area contributed by atoms with Crippen LogP contribution in [-0.2, 0) is 48.7 Å². The van der Waals surface area contributed by atoms with Gasteiger partial charge in [0.25, 0.3) is 6.33 Å². The number of ether oxygens (including phenoxy) is 1. The Labute approximate surface area is 676 Å². The molecule has 0 aliphatic carbocycles. The van der Waals surface area contributed by atoms with Gasteiger partial charge in [-0.1, -0.05) is 326 Å². The fraction of sp³-hybridized carbons (Fsp3) is 0.333. The smallest absolute Gasteiger partial charge is 0.269 e. The van der Waals surface area contributed by atoms with Crippen LogP contribution >= 0.6 is 0 Å². The first kappa shape index (κ1) is 79.3. The van der Waals surface area contributed by atoms with E-state index in [1.54, 1.807) is 0 Å². The summed E-state index contributed by atoms with van der Waals surface area (Å²) in [6.07, 6.45) is 6.08. The van der Waals surface area contributed by atoms with E-state index in [1.165, 1.54) is 66.8 Å². The van der Waals surface area contributed by atoms with Crippen LogP contribution in [0.4, 0.5) is 0 Å². The molecule has 0 bridgehead atoms. The highest BCUT2D eigenvalue weighted by Gasteiger charge is 2.31. The molecule has 14 rings (SSSR count). The maximum absolute atomic E-state index is 7.26. The second-order valence-electron chi connectivity index (χ2n) is 41.5. The fourth-order valence-electron chi connectivity index (χ4n) is 15.6. The number of nitrogens with zero attached hydrogens (tertiary/aromatic N) is 4. The van der Waals surface area contributed by atoms with E-state index in [1.807, 2.05) is 18.3 Å². The van der Waals surface area contributed by atoms with E-state index >= 15 is 0 Å². The second kappa shape index (κ2) is 28.3. The SMILES string of the molecule is CC(C)(C)c1cc(Oc2ccc3c4ccccc4n(-c4ccccn4)c3c2)cc(-n2[c-][n+](-c3c(-c4cc(-c5cc(C(C)(C)C)cc(C(C)(C)C)c5)cc(-c5cc(C(C)(C)C)cc(C(C)(C)C)c5)c4)cccc3-c3cc(-c4cc(C(C)(C)C)cc(C(C)(C)C)c4)cc(-c4cc(C(C)(C)C)cc(C(C)(C)C)c4)c3)c3ccccc32)c1. The lowest BCUT2D eigenvalue weighted by molar-refractivity contribution is -0.571. The third-order valence-electron chi connectivity index (χ3n) is 23.1. The number of hydrogen-bond donors (Lipinski definition) is 0. The number of imidazole rings is 1. The fourth-order valence-corrected chi connectivity index (χ4v) is 15.6. The molecular weight excluding hydrogens is 1370 g/mol. The molecular formula is C108H120N4O. The molecule has 0 atom stereocenters. The number of para-hydroxylation sites is 4. The van der Waals surface area contributed by atoms with Gasteiger partial charge in [-0.25, -0.2) is 4.98 Å². The predicted molar refractivity (Wildman–Crippen MR) is 483 cm³/mol. The summed E-state index contributed by atoms with van der Waals surface area (Å²) in [7, 11) is 0. The van der Waals surface area contributed by atoms with Crippen LogP contribution in [0.15, 0.2) is 237 Å². The van der Waals surface area contributed by atoms with Crippen LogP contribution in [0.25, 0.3) is 117 Å². The van der Waals surface area contributed by atoms with Crippen molar-refractivity contribution in [2.24, 2.45) is 0 Å². The van der Waals surface area contributed by atoms with Crippen molar-refractivity contribution in [3.05, 3.63) is 293 Å². The van der Waals surface area contributed by atoms with Gasteiger partial charge in [-0.2, -0.15) is 0 Å². The van der Waals surface area contributed by atoms with Crippen LogP contribution in [0.2, 0.25) is 0 Å². The minimum atomic E-state index is -0.270. The van der Waals surface area contributed by atoms with Gasteiger partial charge in [0.05, 0.1) is 33.4 Å². The summed E-state index contributed by atoms with van der Waals surface area (Å²) in [5.41, 5.74) is 30.3. The highest BCUT2D eigenvalue weighted by molar-refractivity contribution is 6.09. The van der Waals surface area contributed by atoms with Crippen LogP contribution in [0.3, 0.4) is 0 Å². The third kappa shape index (κ3) is 16.3. The lowest BCUT2D eigenvalue weighted by Crippen LogP contribution is -2.31. The van der Waals surface area contributed by atoms with E-state index in [4.69, 9.17) is 9.72 Å². The first-order valence-electron chi connectivity index (χ1n) is 41.0. The van der Waals surface area contributed by atoms with Gasteiger partial charge in [0, 0.05) is 23.0 Å². The van der Waals surface area contributed by atoms with E-state index < -0.39 is 0 Å². The predicted octanol–water partition coefficient (Wildman–Crippen LogP) is 29.7. The Hall–Kier alpha value is -10.4. The molecule has 0 aliphatic rings. The van der Waals surface area contributed by atoms with Crippen molar-refractivity contribution in [1.82, 2.24) is 14.1 Å². The van der Waals surface area contributed by atoms with Gasteiger partial charge in [-0.15, -0.1) is 0 Å². The Balaban J connectivity index is 1.10. The lowest BCUT2D eigenvalue weighted by Gasteiger charge is -2.27. The molecule has 14 aromatic rings. The first-order chi connectivity index (χ1) is 52.6. The molecule has 113 heavy (non-hydrogen) atoms. The molecule has 3 heterocycles. The van der Waals surface area contributed by atoms with Gasteiger partial charge in [0.2, 0.25) is 0 Å². The highest BCUT2D eigenvalue weighted by Crippen LogP contribution is 2.47. The van der Waals surface area contributed by atoms with E-state index in [-0.39, 0.29) is 48.7 Å². The maximum Gasteiger partial charge on any atom is 0.269 e. The maximum atomic E-state index is 7.26. The topological polar surface area (TPSA) is 35.9 Å². The zero-order valence-electron chi connectivity index (χ0n) is 72.7. The Kier molecular flexibility index (Phi) is 19.9. The standard InChI is InChI=1S/C108H120N4O/c1-100(2,3)78-51-72(52-79(59-78)101(4,5)6)68-45-69(73-53-80(102(7,8)9)60-81(54-73)103(10,11)12)48-76(47-68)90-36-34-37-91(77-49-70(74-55-82(104(13,14)15)61-83(56-74)105(16,17)18)46-71(50-77)75-57-84(106(19,20)21)62-85(58-75)107(22,23)24)99(90)111-67-110(95-39-30-31-40-96(95)111)87-63-86(108(25,26)27)64-89(65-87)113-88-42-43-93-92-35-28-29-38-94(92)112(97(93)66-88)98-41-32-33-44-109-98/h28-66H,1-27H3. The molecule has 0 amide bonds. The number of aromatic nitrogens is 4. The normalized spacial score (nSPS) is 13.1. The van der Waals surface area contributed by atoms with Gasteiger partial charge < -0.3 is 4.74 Å². The lowest BCUT2D eigenvalue weighted by atomic mass is 9.77. The summed E-state index contributed by atoms with van der Waals surface area (Å²) in [6.45, 7) is 63.3. The molecule has 578 valence electrons. The van der Waals surface area contributed by atoms with Crippen LogP contribution in [0, 0.1) is 6.33 Å². The quantitative estimate of drug-likeness (QED) is 0.0956. The minimum absolute atomic E-state index is 0.115. The van der Waals surface area contributed by atoms with Gasteiger partial charge in [-0.3, -0.25) is 13.7 Å². The molecule has 0 fully saturated rings. The van der Waals surface area contributed by atoms with Gasteiger partial charge >= 0.3 is 0 Å². The number of pyridine rings is 1. The molecule has 0 spiro atoms. The van der Waals surface area contributed by atoms with E-state index in [0.717, 1.165) is 112 Å². The minimum Gasteiger partial charge on any atom is -0.458 e. The summed E-state index contributed by atoms with van der Waals surface area (Å²) in [5, 5.41) is 2.29. The summed E-state index contributed by atoms with van der Waals surface area (Å²) in [5.74, 6) is 2.31. The second-order valence-corrected chi connectivity index (χ2v) is 41.5. The molecule has 0 radical (unpaired) electrons. The Morgan fingerprint density at radius 1 is 0.274 bits per heavy atom. The van der Waals surface area contributed by atoms with Crippen molar-refractivity contribution in [2.75, 3.05) is 0 Å². The van der Waals surface area contributed by atoms with E-state index in [2.05, 4.69) is 425 Å². The summed E-state index contributed by atoms with van der Waals surface area (Å²) in [4.78, 5) is 4.87. The van der Waals surface area contributed by atoms with Gasteiger partial charge in [0.15, 0.2) is 0 Å². The van der Waals surface area contributed by atoms with Crippen LogP contribution < -0.4 is 9.30 Å². The molecule has 3 aromatic heterocycles. The molecule has 0 saturated carbocycles. The summed E-state index contributed by atoms with van der Waals surface area (Å²) in [6, 6.07) is 88.3. The molecule has 5 heteroatoms. The molecule has 11 aromatic carbocycles. The Morgan fingerprint density at radius 2 is 0.619 bits per heavy atom. The summed E-state index contributed by atoms with van der Waals surface area (Å²) >= 11 is 0. The van der Waals surface area contributed by atoms with Gasteiger partial charge in [-0.05, 0) is 250 Å². The van der Waals surface area contributed by atoms with Gasteiger partial charge in [0.1, 0.15) is 17.3 Å². The van der Waals surface area contributed by atoms with Crippen LogP contribution in [-0.4, -0.2) is 14.1 Å². The van der Waals surface area contributed by atoms with Crippen molar-refractivity contribution >= 4 is 32.8 Å². The molecule has 0 N–H and O–H groups in total. The zero-order valence-corrected chi connectivity index (χ0v) is 72.7. The number of benzene rings is 11. The van der Waals surface area contributed by atoms with E-state index in [0.29, 0.717) is 0 Å². The van der Waals surface area contributed by atoms with Crippen molar-refractivity contribution in [3.8, 4) is 95.5 Å². The number of hydrogen-bond acceptors (Lipinski definition) is 2. The van der Waals surface area contributed by atoms with Crippen molar-refractivity contribution in [1.29, 1.82) is 0 Å². The van der Waals surface area contributed by atoms with Crippen molar-refractivity contribution in [3.63, 3.8) is 0 Å². The highest BCUT2D eigenvalue weighted by atomic mass is 16.5. The Bertz CT molecular complexity index is 5470. The average molecular weight is 1490 g/mol. The Morgan fingerprint density at radius 3 is 1.01 bits per heavy atom. The molecule has 0 saturated heterocycles. The largest absolute Gasteiger partial charge is 0.458 e. The molecule has 5 nitrogen and oxygen atoms in total. The average Bonchev–Trinajstić information content (AvgIpc) is 1.64. The number of fused-ring (bicyclic) bond motifs is 4. The van der Waals surface area contributed by atoms with Crippen LogP contribution in [0.1, 0.15) is 237 Å². The first-order valence-corrected chi connectivity index (χ1v) is 41.0.